The van der Waals surface area contributed by atoms with E-state index in [9.17, 15) is 4.79 Å². The number of carbonyl (C=O) groups is 1. The van der Waals surface area contributed by atoms with Gasteiger partial charge in [0.1, 0.15) is 0 Å². The first-order chi connectivity index (χ1) is 8.13. The third-order valence-electron chi connectivity index (χ3n) is 2.77. The van der Waals surface area contributed by atoms with Crippen LogP contribution in [0, 0.1) is 6.92 Å². The van der Waals surface area contributed by atoms with E-state index in [1.807, 2.05) is 6.08 Å². The average molecular weight is 233 g/mol. The number of anilines is 1. The summed E-state index contributed by atoms with van der Waals surface area (Å²) in [5.74, 6) is -0.398. The predicted octanol–water partition coefficient (Wildman–Crippen LogP) is 1.64. The van der Waals surface area contributed by atoms with Gasteiger partial charge in [0, 0.05) is 18.8 Å². The van der Waals surface area contributed by atoms with Crippen LogP contribution < -0.4 is 4.90 Å². The fraction of sp³-hybridized carbons (Fsp3) is 0.417. The zero-order valence-corrected chi connectivity index (χ0v) is 9.76. The number of aromatic carboxylic acids is 1. The van der Waals surface area contributed by atoms with Gasteiger partial charge in [0.05, 0.1) is 11.3 Å². The molecule has 1 heterocycles. The Hall–Kier alpha value is -1.91. The van der Waals surface area contributed by atoms with Gasteiger partial charge in [0.2, 0.25) is 5.95 Å². The van der Waals surface area contributed by atoms with Crippen LogP contribution in [0.2, 0.25) is 0 Å². The number of carboxylic acid groups (broad SMARTS) is 1. The molecule has 1 aromatic rings. The molecule has 0 unspecified atom stereocenters. The molecule has 1 aliphatic carbocycles. The molecular formula is C12H15N3O2. The van der Waals surface area contributed by atoms with E-state index in [4.69, 9.17) is 5.11 Å². The van der Waals surface area contributed by atoms with Gasteiger partial charge in [-0.3, -0.25) is 0 Å². The Bertz CT molecular complexity index is 455. The van der Waals surface area contributed by atoms with E-state index in [1.54, 1.807) is 6.92 Å². The fourth-order valence-corrected chi connectivity index (χ4v) is 1.72. The summed E-state index contributed by atoms with van der Waals surface area (Å²) in [4.78, 5) is 21.3. The van der Waals surface area contributed by atoms with Gasteiger partial charge in [0.15, 0.2) is 0 Å². The molecule has 0 bridgehead atoms. The molecule has 0 aromatic carbocycles. The molecule has 0 aliphatic heterocycles. The van der Waals surface area contributed by atoms with Crippen LogP contribution in [0.15, 0.2) is 18.9 Å². The van der Waals surface area contributed by atoms with Crippen LogP contribution in [0.4, 0.5) is 5.95 Å². The van der Waals surface area contributed by atoms with Crippen LogP contribution >= 0.6 is 0 Å². The van der Waals surface area contributed by atoms with Crippen molar-refractivity contribution >= 4 is 11.9 Å². The molecule has 1 saturated carbocycles. The van der Waals surface area contributed by atoms with Crippen LogP contribution in [0.5, 0.6) is 0 Å². The van der Waals surface area contributed by atoms with Gasteiger partial charge in [0.25, 0.3) is 0 Å². The topological polar surface area (TPSA) is 66.3 Å². The van der Waals surface area contributed by atoms with Crippen LogP contribution in [0.1, 0.15) is 28.9 Å². The van der Waals surface area contributed by atoms with Gasteiger partial charge in [-0.1, -0.05) is 6.08 Å². The highest BCUT2D eigenvalue weighted by Crippen LogP contribution is 2.29. The highest BCUT2D eigenvalue weighted by molar-refractivity contribution is 5.88. The third kappa shape index (κ3) is 2.43. The molecule has 0 amide bonds. The highest BCUT2D eigenvalue weighted by Gasteiger charge is 2.30. The first-order valence-corrected chi connectivity index (χ1v) is 5.58. The van der Waals surface area contributed by atoms with Gasteiger partial charge in [-0.05, 0) is 19.8 Å². The summed E-state index contributed by atoms with van der Waals surface area (Å²) in [7, 11) is 0. The molecule has 2 rings (SSSR count). The highest BCUT2D eigenvalue weighted by atomic mass is 16.4. The maximum Gasteiger partial charge on any atom is 0.339 e. The second-order valence-corrected chi connectivity index (χ2v) is 4.15. The number of hydrogen-bond acceptors (Lipinski definition) is 4. The van der Waals surface area contributed by atoms with Crippen molar-refractivity contribution in [3.8, 4) is 0 Å². The summed E-state index contributed by atoms with van der Waals surface area (Å²) in [5, 5.41) is 8.91. The smallest absolute Gasteiger partial charge is 0.339 e. The SMILES string of the molecule is C=CCN(c1ncc(C(=O)O)c(C)n1)C1CC1. The Morgan fingerprint density at radius 1 is 1.71 bits per heavy atom. The number of hydrogen-bond donors (Lipinski definition) is 1. The zero-order valence-electron chi connectivity index (χ0n) is 9.76. The Morgan fingerprint density at radius 2 is 2.41 bits per heavy atom. The molecule has 1 aliphatic rings. The Labute approximate surface area is 99.8 Å². The first-order valence-electron chi connectivity index (χ1n) is 5.58. The van der Waals surface area contributed by atoms with E-state index in [-0.39, 0.29) is 5.56 Å². The number of aryl methyl sites for hydroxylation is 1. The van der Waals surface area contributed by atoms with E-state index in [1.165, 1.54) is 6.20 Å². The van der Waals surface area contributed by atoms with Crippen molar-refractivity contribution in [2.24, 2.45) is 0 Å². The Balaban J connectivity index is 2.28. The van der Waals surface area contributed by atoms with Gasteiger partial charge in [-0.25, -0.2) is 14.8 Å². The summed E-state index contributed by atoms with van der Waals surface area (Å²) in [6, 6.07) is 0.475. The maximum absolute atomic E-state index is 10.9. The molecule has 5 nitrogen and oxygen atoms in total. The minimum atomic E-state index is -0.990. The minimum absolute atomic E-state index is 0.156. The van der Waals surface area contributed by atoms with Crippen molar-refractivity contribution in [2.45, 2.75) is 25.8 Å². The van der Waals surface area contributed by atoms with Crippen molar-refractivity contribution in [2.75, 3.05) is 11.4 Å². The second-order valence-electron chi connectivity index (χ2n) is 4.15. The molecule has 1 aromatic heterocycles. The van der Waals surface area contributed by atoms with Crippen LogP contribution in [0.3, 0.4) is 0 Å². The lowest BCUT2D eigenvalue weighted by atomic mass is 10.2. The van der Waals surface area contributed by atoms with Crippen molar-refractivity contribution in [3.63, 3.8) is 0 Å². The molecule has 0 atom stereocenters. The van der Waals surface area contributed by atoms with Crippen LogP contribution in [-0.2, 0) is 0 Å². The molecule has 5 heteroatoms. The number of nitrogens with zero attached hydrogens (tertiary/aromatic N) is 3. The summed E-state index contributed by atoms with van der Waals surface area (Å²) < 4.78 is 0. The normalized spacial score (nSPS) is 14.4. The van der Waals surface area contributed by atoms with Crippen LogP contribution in [-0.4, -0.2) is 33.6 Å². The molecule has 0 spiro atoms. The van der Waals surface area contributed by atoms with E-state index in [0.717, 1.165) is 12.8 Å². The molecule has 1 N–H and O–H groups in total. The van der Waals surface area contributed by atoms with E-state index in [0.29, 0.717) is 24.2 Å². The zero-order chi connectivity index (χ0) is 12.4. The number of rotatable bonds is 5. The standard InChI is InChI=1S/C12H15N3O2/c1-3-6-15(9-4-5-9)12-13-7-10(11(16)17)8(2)14-12/h3,7,9H,1,4-6H2,2H3,(H,16,17). The number of carboxylic acids is 1. The molecule has 0 saturated heterocycles. The van der Waals surface area contributed by atoms with E-state index >= 15 is 0 Å². The molecule has 0 radical (unpaired) electrons. The summed E-state index contributed by atoms with van der Waals surface area (Å²) >= 11 is 0. The van der Waals surface area contributed by atoms with Gasteiger partial charge < -0.3 is 10.0 Å². The van der Waals surface area contributed by atoms with Crippen LogP contribution in [0.25, 0.3) is 0 Å². The molecular weight excluding hydrogens is 218 g/mol. The monoisotopic (exact) mass is 233 g/mol. The average Bonchev–Trinajstić information content (AvgIpc) is 3.09. The lowest BCUT2D eigenvalue weighted by Gasteiger charge is -2.20. The summed E-state index contributed by atoms with van der Waals surface area (Å²) in [6.07, 6.45) is 5.45. The predicted molar refractivity (Wildman–Crippen MR) is 64.3 cm³/mol. The van der Waals surface area contributed by atoms with Crippen molar-refractivity contribution in [1.29, 1.82) is 0 Å². The minimum Gasteiger partial charge on any atom is -0.478 e. The van der Waals surface area contributed by atoms with Gasteiger partial charge >= 0.3 is 5.97 Å². The quantitative estimate of drug-likeness (QED) is 0.783. The van der Waals surface area contributed by atoms with Crippen molar-refractivity contribution in [1.82, 2.24) is 9.97 Å². The van der Waals surface area contributed by atoms with E-state index < -0.39 is 5.97 Å². The lowest BCUT2D eigenvalue weighted by Crippen LogP contribution is -2.28. The first kappa shape index (κ1) is 11.6. The fourth-order valence-electron chi connectivity index (χ4n) is 1.72. The number of aromatic nitrogens is 2. The molecule has 90 valence electrons. The largest absolute Gasteiger partial charge is 0.478 e. The Morgan fingerprint density at radius 3 is 2.88 bits per heavy atom. The third-order valence-corrected chi connectivity index (χ3v) is 2.77. The van der Waals surface area contributed by atoms with E-state index in [2.05, 4.69) is 21.4 Å². The summed E-state index contributed by atoms with van der Waals surface area (Å²) in [5.41, 5.74) is 0.653. The van der Waals surface area contributed by atoms with Crippen molar-refractivity contribution in [3.05, 3.63) is 30.1 Å². The maximum atomic E-state index is 10.9. The molecule has 1 fully saturated rings. The lowest BCUT2D eigenvalue weighted by molar-refractivity contribution is 0.0695. The summed E-state index contributed by atoms with van der Waals surface area (Å²) in [6.45, 7) is 6.09. The van der Waals surface area contributed by atoms with Gasteiger partial charge in [-0.15, -0.1) is 6.58 Å². The second kappa shape index (κ2) is 4.53. The Kier molecular flexibility index (Phi) is 3.08. The van der Waals surface area contributed by atoms with Gasteiger partial charge in [-0.2, -0.15) is 0 Å². The van der Waals surface area contributed by atoms with Crippen molar-refractivity contribution < 1.29 is 9.90 Å². The molecule has 17 heavy (non-hydrogen) atoms.